The lowest BCUT2D eigenvalue weighted by atomic mass is 9.87. The summed E-state index contributed by atoms with van der Waals surface area (Å²) in [5.41, 5.74) is 3.73. The molecule has 0 aromatic heterocycles. The van der Waals surface area contributed by atoms with Gasteiger partial charge >= 0.3 is 6.03 Å². The number of likely N-dealkylation sites (N-methyl/N-ethyl adjacent to an activating group) is 2. The van der Waals surface area contributed by atoms with Gasteiger partial charge in [-0.25, -0.2) is 4.79 Å². The Morgan fingerprint density at radius 1 is 0.963 bits per heavy atom. The summed E-state index contributed by atoms with van der Waals surface area (Å²) in [7, 11) is 5.98. The molecule has 0 bridgehead atoms. The van der Waals surface area contributed by atoms with Crippen molar-refractivity contribution >= 4 is 11.7 Å². The summed E-state index contributed by atoms with van der Waals surface area (Å²) in [6, 6.07) is 19.2. The number of carbonyl (C=O) groups is 1. The van der Waals surface area contributed by atoms with Crippen molar-refractivity contribution in [2.24, 2.45) is 0 Å². The second kappa shape index (κ2) is 9.05. The van der Waals surface area contributed by atoms with Crippen LogP contribution in [-0.2, 0) is 6.42 Å². The van der Waals surface area contributed by atoms with Gasteiger partial charge in [-0.2, -0.15) is 0 Å². The van der Waals surface area contributed by atoms with Crippen LogP contribution in [0.3, 0.4) is 0 Å². The molecule has 2 aromatic carbocycles. The third-order valence-electron chi connectivity index (χ3n) is 5.46. The molecule has 4 heteroatoms. The van der Waals surface area contributed by atoms with Gasteiger partial charge in [0.05, 0.1) is 0 Å². The van der Waals surface area contributed by atoms with Crippen LogP contribution in [0.2, 0.25) is 0 Å². The predicted molar refractivity (Wildman–Crippen MR) is 112 cm³/mol. The third kappa shape index (κ3) is 4.89. The monoisotopic (exact) mass is 365 g/mol. The Kier molecular flexibility index (Phi) is 6.51. The van der Waals surface area contributed by atoms with Crippen molar-refractivity contribution in [1.82, 2.24) is 9.80 Å². The van der Waals surface area contributed by atoms with E-state index in [0.717, 1.165) is 44.6 Å². The predicted octanol–water partition coefficient (Wildman–Crippen LogP) is 4.23. The summed E-state index contributed by atoms with van der Waals surface area (Å²) < 4.78 is 0. The Hall–Kier alpha value is -2.33. The Morgan fingerprint density at radius 3 is 2.41 bits per heavy atom. The van der Waals surface area contributed by atoms with Crippen LogP contribution < -0.4 is 4.90 Å². The van der Waals surface area contributed by atoms with Gasteiger partial charge in [0.25, 0.3) is 0 Å². The summed E-state index contributed by atoms with van der Waals surface area (Å²) in [6.45, 7) is 2.35. The fraction of sp³-hybridized carbons (Fsp3) is 0.435. The third-order valence-corrected chi connectivity index (χ3v) is 5.46. The van der Waals surface area contributed by atoms with Crippen LogP contribution in [0.25, 0.3) is 0 Å². The molecule has 2 aromatic rings. The zero-order valence-electron chi connectivity index (χ0n) is 16.8. The molecule has 0 N–H and O–H groups in total. The number of fused-ring (bicyclic) bond motifs is 1. The molecule has 0 saturated carbocycles. The second-order valence-electron chi connectivity index (χ2n) is 7.72. The number of hydrogen-bond donors (Lipinski definition) is 0. The van der Waals surface area contributed by atoms with Crippen LogP contribution in [-0.4, -0.2) is 56.6 Å². The quantitative estimate of drug-likeness (QED) is 0.811. The number of amides is 2. The zero-order chi connectivity index (χ0) is 19.2. The number of nitrogens with zero attached hydrogens (tertiary/aromatic N) is 3. The van der Waals surface area contributed by atoms with Gasteiger partial charge in [0.1, 0.15) is 0 Å². The number of anilines is 1. The molecular formula is C23H31N3O. The van der Waals surface area contributed by atoms with Crippen molar-refractivity contribution in [3.05, 3.63) is 65.7 Å². The highest BCUT2D eigenvalue weighted by Crippen LogP contribution is 2.33. The van der Waals surface area contributed by atoms with E-state index < -0.39 is 0 Å². The Balaban J connectivity index is 1.83. The molecule has 4 nitrogen and oxygen atoms in total. The van der Waals surface area contributed by atoms with Gasteiger partial charge in [-0.15, -0.1) is 0 Å². The smallest absolute Gasteiger partial charge is 0.324 e. The lowest BCUT2D eigenvalue weighted by Crippen LogP contribution is -2.45. The summed E-state index contributed by atoms with van der Waals surface area (Å²) in [4.78, 5) is 19.2. The minimum Gasteiger partial charge on any atom is -0.326 e. The average molecular weight is 366 g/mol. The molecule has 0 saturated heterocycles. The minimum atomic E-state index is 0.0954. The summed E-state index contributed by atoms with van der Waals surface area (Å²) >= 11 is 0. The molecule has 0 fully saturated rings. The van der Waals surface area contributed by atoms with E-state index in [1.54, 1.807) is 0 Å². The summed E-state index contributed by atoms with van der Waals surface area (Å²) in [5.74, 6) is 0.488. The number of hydrogen-bond acceptors (Lipinski definition) is 2. The Labute approximate surface area is 163 Å². The van der Waals surface area contributed by atoms with E-state index >= 15 is 0 Å². The maximum atomic E-state index is 13.2. The summed E-state index contributed by atoms with van der Waals surface area (Å²) in [6.07, 6.45) is 3.12. The molecular weight excluding hydrogens is 334 g/mol. The topological polar surface area (TPSA) is 26.8 Å². The van der Waals surface area contributed by atoms with Gasteiger partial charge in [-0.05, 0) is 56.5 Å². The largest absolute Gasteiger partial charge is 0.326 e. The molecule has 144 valence electrons. The maximum Gasteiger partial charge on any atom is 0.324 e. The molecule has 1 atom stereocenters. The molecule has 27 heavy (non-hydrogen) atoms. The Morgan fingerprint density at radius 2 is 1.67 bits per heavy atom. The van der Waals surface area contributed by atoms with E-state index in [9.17, 15) is 4.79 Å². The first kappa shape index (κ1) is 19.4. The number of para-hydroxylation sites is 1. The van der Waals surface area contributed by atoms with Crippen molar-refractivity contribution < 1.29 is 4.79 Å². The molecule has 2 amide bonds. The van der Waals surface area contributed by atoms with Gasteiger partial charge in [0, 0.05) is 32.4 Å². The highest BCUT2D eigenvalue weighted by Gasteiger charge is 2.26. The van der Waals surface area contributed by atoms with Crippen LogP contribution in [0.5, 0.6) is 0 Å². The van der Waals surface area contributed by atoms with Crippen molar-refractivity contribution in [2.75, 3.05) is 45.7 Å². The van der Waals surface area contributed by atoms with Crippen molar-refractivity contribution in [2.45, 2.75) is 25.2 Å². The SMILES string of the molecule is CN(C)CCN(C)C(=O)N1CCC(c2ccccc2)CCc2ccccc21. The fourth-order valence-electron chi connectivity index (χ4n) is 3.77. The number of rotatable bonds is 4. The van der Waals surface area contributed by atoms with Crippen LogP contribution in [0, 0.1) is 0 Å². The molecule has 0 aliphatic carbocycles. The Bertz CT molecular complexity index is 744. The zero-order valence-corrected chi connectivity index (χ0v) is 16.8. The highest BCUT2D eigenvalue weighted by atomic mass is 16.2. The lowest BCUT2D eigenvalue weighted by molar-refractivity contribution is 0.209. The minimum absolute atomic E-state index is 0.0954. The van der Waals surface area contributed by atoms with Gasteiger partial charge in [-0.1, -0.05) is 48.5 Å². The van der Waals surface area contributed by atoms with E-state index in [4.69, 9.17) is 0 Å². The molecule has 1 aliphatic rings. The molecule has 3 rings (SSSR count). The summed E-state index contributed by atoms with van der Waals surface area (Å²) in [5, 5.41) is 0. The molecule has 1 heterocycles. The van der Waals surface area contributed by atoms with Gasteiger partial charge in [0.2, 0.25) is 0 Å². The van der Waals surface area contributed by atoms with E-state index in [1.807, 2.05) is 37.0 Å². The lowest BCUT2D eigenvalue weighted by Gasteiger charge is -2.33. The van der Waals surface area contributed by atoms with Crippen molar-refractivity contribution in [1.29, 1.82) is 0 Å². The van der Waals surface area contributed by atoms with Crippen LogP contribution >= 0.6 is 0 Å². The van der Waals surface area contributed by atoms with Gasteiger partial charge < -0.3 is 9.80 Å². The van der Waals surface area contributed by atoms with Crippen LogP contribution in [0.4, 0.5) is 10.5 Å². The van der Waals surface area contributed by atoms with E-state index in [0.29, 0.717) is 5.92 Å². The van der Waals surface area contributed by atoms with Gasteiger partial charge in [0.15, 0.2) is 0 Å². The second-order valence-corrected chi connectivity index (χ2v) is 7.72. The number of carbonyl (C=O) groups excluding carboxylic acids is 1. The highest BCUT2D eigenvalue weighted by molar-refractivity contribution is 5.92. The van der Waals surface area contributed by atoms with E-state index in [1.165, 1.54) is 11.1 Å². The first-order valence-electron chi connectivity index (χ1n) is 9.86. The molecule has 1 aliphatic heterocycles. The van der Waals surface area contributed by atoms with Crippen molar-refractivity contribution in [3.63, 3.8) is 0 Å². The van der Waals surface area contributed by atoms with Crippen molar-refractivity contribution in [3.8, 4) is 0 Å². The maximum absolute atomic E-state index is 13.2. The molecule has 0 spiro atoms. The fourth-order valence-corrected chi connectivity index (χ4v) is 3.77. The van der Waals surface area contributed by atoms with Crippen LogP contribution in [0.1, 0.15) is 29.9 Å². The number of benzene rings is 2. The van der Waals surface area contributed by atoms with E-state index in [-0.39, 0.29) is 6.03 Å². The average Bonchev–Trinajstić information content (AvgIpc) is 2.67. The van der Waals surface area contributed by atoms with Gasteiger partial charge in [-0.3, -0.25) is 4.90 Å². The first-order chi connectivity index (χ1) is 13.1. The molecule has 0 radical (unpaired) electrons. The molecule has 1 unspecified atom stereocenters. The first-order valence-corrected chi connectivity index (χ1v) is 9.86. The van der Waals surface area contributed by atoms with E-state index in [2.05, 4.69) is 53.4 Å². The standard InChI is InChI=1S/C23H31N3O/c1-24(2)17-18-25(3)23(27)26-16-15-20(19-9-5-4-6-10-19)13-14-21-11-7-8-12-22(21)26/h4-12,20H,13-18H2,1-3H3. The normalized spacial score (nSPS) is 17.2. The number of aryl methyl sites for hydroxylation is 1. The van der Waals surface area contributed by atoms with Crippen LogP contribution in [0.15, 0.2) is 54.6 Å². The number of urea groups is 1.